The van der Waals surface area contributed by atoms with Crippen LogP contribution in [0.2, 0.25) is 5.02 Å². The third kappa shape index (κ3) is 2.42. The average molecular weight is 287 g/mol. The lowest BCUT2D eigenvalue weighted by Gasteiger charge is -2.14. The zero-order valence-electron chi connectivity index (χ0n) is 9.94. The Kier molecular flexibility index (Phi) is 4.04. The zero-order valence-corrected chi connectivity index (χ0v) is 11.5. The minimum atomic E-state index is -0.393. The van der Waals surface area contributed by atoms with Gasteiger partial charge in [-0.3, -0.25) is 0 Å². The predicted octanol–water partition coefficient (Wildman–Crippen LogP) is 4.28. The van der Waals surface area contributed by atoms with Gasteiger partial charge in [0.05, 0.1) is 32.1 Å². The van der Waals surface area contributed by atoms with E-state index < -0.39 is 5.38 Å². The summed E-state index contributed by atoms with van der Waals surface area (Å²) in [4.78, 5) is 0. The van der Waals surface area contributed by atoms with E-state index in [1.165, 1.54) is 0 Å². The molecule has 1 aromatic heterocycles. The normalized spacial score (nSPS) is 12.2. The van der Waals surface area contributed by atoms with Gasteiger partial charge in [-0.15, -0.1) is 11.6 Å². The Morgan fingerprint density at radius 1 is 1.17 bits per heavy atom. The van der Waals surface area contributed by atoms with E-state index in [4.69, 9.17) is 37.1 Å². The second-order valence-corrected chi connectivity index (χ2v) is 4.49. The van der Waals surface area contributed by atoms with Crippen LogP contribution in [0, 0.1) is 0 Å². The van der Waals surface area contributed by atoms with Crippen molar-refractivity contribution in [3.05, 3.63) is 46.9 Å². The number of rotatable bonds is 4. The van der Waals surface area contributed by atoms with Crippen LogP contribution < -0.4 is 9.47 Å². The molecule has 0 saturated carbocycles. The van der Waals surface area contributed by atoms with Gasteiger partial charge < -0.3 is 13.9 Å². The summed E-state index contributed by atoms with van der Waals surface area (Å²) in [5.74, 6) is 1.16. The molecule has 0 saturated heterocycles. The first-order chi connectivity index (χ1) is 8.67. The topological polar surface area (TPSA) is 31.6 Å². The van der Waals surface area contributed by atoms with Crippen LogP contribution in [0.5, 0.6) is 11.5 Å². The molecule has 0 aliphatic heterocycles. The maximum atomic E-state index is 6.36. The molecule has 0 amide bonds. The second-order valence-electron chi connectivity index (χ2n) is 3.65. The summed E-state index contributed by atoms with van der Waals surface area (Å²) in [6, 6.07) is 5.25. The van der Waals surface area contributed by atoms with Gasteiger partial charge in [0.15, 0.2) is 11.5 Å². The Hall–Kier alpha value is -1.32. The maximum absolute atomic E-state index is 6.36. The lowest BCUT2D eigenvalue weighted by atomic mass is 10.1. The van der Waals surface area contributed by atoms with Crippen LogP contribution in [-0.2, 0) is 0 Å². The van der Waals surface area contributed by atoms with Gasteiger partial charge in [0.2, 0.25) is 0 Å². The summed E-state index contributed by atoms with van der Waals surface area (Å²) >= 11 is 12.6. The predicted molar refractivity (Wildman–Crippen MR) is 71.0 cm³/mol. The van der Waals surface area contributed by atoms with Crippen molar-refractivity contribution in [2.75, 3.05) is 14.2 Å². The molecule has 2 rings (SSSR count). The van der Waals surface area contributed by atoms with Gasteiger partial charge in [-0.25, -0.2) is 0 Å². The van der Waals surface area contributed by atoms with Crippen molar-refractivity contribution in [2.45, 2.75) is 5.38 Å². The summed E-state index contributed by atoms with van der Waals surface area (Å²) in [6.45, 7) is 0. The van der Waals surface area contributed by atoms with Crippen LogP contribution in [0.1, 0.15) is 16.5 Å². The summed E-state index contributed by atoms with van der Waals surface area (Å²) in [7, 11) is 3.12. The molecule has 18 heavy (non-hydrogen) atoms. The smallest absolute Gasteiger partial charge is 0.162 e. The summed E-state index contributed by atoms with van der Waals surface area (Å²) in [5, 5.41) is 0.130. The van der Waals surface area contributed by atoms with Crippen molar-refractivity contribution in [1.82, 2.24) is 0 Å². The van der Waals surface area contributed by atoms with Crippen LogP contribution >= 0.6 is 23.2 Å². The molecule has 1 unspecified atom stereocenters. The quantitative estimate of drug-likeness (QED) is 0.787. The molecule has 0 aliphatic rings. The minimum Gasteiger partial charge on any atom is -0.493 e. The van der Waals surface area contributed by atoms with E-state index in [1.54, 1.807) is 44.9 Å². The van der Waals surface area contributed by atoms with E-state index in [2.05, 4.69) is 0 Å². The van der Waals surface area contributed by atoms with Gasteiger partial charge >= 0.3 is 0 Å². The molecule has 0 fully saturated rings. The molecule has 2 aromatic rings. The fraction of sp³-hybridized carbons (Fsp3) is 0.231. The minimum absolute atomic E-state index is 0.393. The first-order valence-corrected chi connectivity index (χ1v) is 6.06. The highest BCUT2D eigenvalue weighted by Crippen LogP contribution is 2.40. The summed E-state index contributed by atoms with van der Waals surface area (Å²) in [6.07, 6.45) is 3.16. The molecule has 3 nitrogen and oxygen atoms in total. The average Bonchev–Trinajstić information content (AvgIpc) is 2.91. The van der Waals surface area contributed by atoms with Crippen LogP contribution in [0.3, 0.4) is 0 Å². The Bertz CT molecular complexity index is 523. The molecule has 1 heterocycles. The molecule has 0 bridgehead atoms. The van der Waals surface area contributed by atoms with Gasteiger partial charge in [0, 0.05) is 16.7 Å². The number of furan rings is 1. The zero-order chi connectivity index (χ0) is 13.1. The highest BCUT2D eigenvalue weighted by Gasteiger charge is 2.18. The van der Waals surface area contributed by atoms with Crippen molar-refractivity contribution < 1.29 is 13.9 Å². The molecule has 5 heteroatoms. The number of hydrogen-bond donors (Lipinski definition) is 0. The van der Waals surface area contributed by atoms with Gasteiger partial charge in [0.1, 0.15) is 0 Å². The van der Waals surface area contributed by atoms with Crippen molar-refractivity contribution >= 4 is 23.2 Å². The van der Waals surface area contributed by atoms with Gasteiger partial charge in [-0.05, 0) is 17.7 Å². The highest BCUT2D eigenvalue weighted by molar-refractivity contribution is 6.33. The number of methoxy groups -OCH3 is 2. The van der Waals surface area contributed by atoms with E-state index in [0.29, 0.717) is 16.5 Å². The number of hydrogen-bond acceptors (Lipinski definition) is 3. The molecule has 0 aliphatic carbocycles. The molecule has 1 aromatic carbocycles. The third-order valence-corrected chi connectivity index (χ3v) is 3.43. The van der Waals surface area contributed by atoms with E-state index in [0.717, 1.165) is 11.1 Å². The number of alkyl halides is 1. The van der Waals surface area contributed by atoms with Crippen molar-refractivity contribution in [3.63, 3.8) is 0 Å². The van der Waals surface area contributed by atoms with Gasteiger partial charge in [-0.2, -0.15) is 0 Å². The fourth-order valence-electron chi connectivity index (χ4n) is 1.66. The van der Waals surface area contributed by atoms with Crippen molar-refractivity contribution in [1.29, 1.82) is 0 Å². The molecule has 0 radical (unpaired) electrons. The van der Waals surface area contributed by atoms with Crippen LogP contribution in [0.4, 0.5) is 0 Å². The van der Waals surface area contributed by atoms with Crippen LogP contribution in [0.25, 0.3) is 0 Å². The molecular formula is C13H12Cl2O3. The van der Waals surface area contributed by atoms with E-state index >= 15 is 0 Å². The molecule has 1 atom stereocenters. The van der Waals surface area contributed by atoms with Crippen molar-refractivity contribution in [2.24, 2.45) is 0 Å². The number of ether oxygens (including phenoxy) is 2. The fourth-order valence-corrected chi connectivity index (χ4v) is 2.29. The van der Waals surface area contributed by atoms with Gasteiger partial charge in [0.25, 0.3) is 0 Å². The summed E-state index contributed by atoms with van der Waals surface area (Å²) < 4.78 is 15.4. The molecule has 0 spiro atoms. The first kappa shape index (κ1) is 13.1. The van der Waals surface area contributed by atoms with E-state index in [9.17, 15) is 0 Å². The van der Waals surface area contributed by atoms with Gasteiger partial charge in [-0.1, -0.05) is 11.6 Å². The van der Waals surface area contributed by atoms with E-state index in [1.807, 2.05) is 0 Å². The lowest BCUT2D eigenvalue weighted by Crippen LogP contribution is -1.97. The Morgan fingerprint density at radius 2 is 1.83 bits per heavy atom. The molecule has 0 N–H and O–H groups in total. The van der Waals surface area contributed by atoms with Crippen LogP contribution in [-0.4, -0.2) is 14.2 Å². The summed E-state index contributed by atoms with van der Waals surface area (Å²) in [5.41, 5.74) is 1.59. The second kappa shape index (κ2) is 5.55. The number of benzene rings is 1. The third-order valence-electron chi connectivity index (χ3n) is 2.61. The monoisotopic (exact) mass is 286 g/mol. The molecular weight excluding hydrogens is 275 g/mol. The van der Waals surface area contributed by atoms with E-state index in [-0.39, 0.29) is 0 Å². The molecule has 96 valence electrons. The maximum Gasteiger partial charge on any atom is 0.162 e. The Balaban J connectivity index is 2.45. The Labute approximate surface area is 115 Å². The largest absolute Gasteiger partial charge is 0.493 e. The SMILES string of the molecule is COc1cc(Cl)c(C(Cl)c2ccoc2)cc1OC. The first-order valence-electron chi connectivity index (χ1n) is 5.25. The van der Waals surface area contributed by atoms with Crippen LogP contribution in [0.15, 0.2) is 35.1 Å². The lowest BCUT2D eigenvalue weighted by molar-refractivity contribution is 0.354. The number of halogens is 2. The standard InChI is InChI=1S/C13H12Cl2O3/c1-16-11-5-9(10(14)6-12(11)17-2)13(15)8-3-4-18-7-8/h3-7,13H,1-2H3. The van der Waals surface area contributed by atoms with Crippen molar-refractivity contribution in [3.8, 4) is 11.5 Å². The highest BCUT2D eigenvalue weighted by atomic mass is 35.5. The Morgan fingerprint density at radius 3 is 2.39 bits per heavy atom.